The number of nitrogens with two attached hydrogens (primary N) is 1. The van der Waals surface area contributed by atoms with Crippen LogP contribution in [0.4, 0.5) is 5.82 Å². The van der Waals surface area contributed by atoms with Gasteiger partial charge in [0.05, 0.1) is 7.11 Å². The molecule has 0 spiro atoms. The van der Waals surface area contributed by atoms with E-state index in [4.69, 9.17) is 10.5 Å². The molecular formula is C12H16N4O. The van der Waals surface area contributed by atoms with E-state index in [1.54, 1.807) is 19.4 Å². The number of imidazole rings is 1. The van der Waals surface area contributed by atoms with Crippen LogP contribution in [0.25, 0.3) is 11.3 Å². The van der Waals surface area contributed by atoms with E-state index in [1.807, 2.05) is 17.7 Å². The van der Waals surface area contributed by atoms with Gasteiger partial charge in [-0.2, -0.15) is 0 Å². The number of nitrogens with zero attached hydrogens (tertiary/aromatic N) is 3. The van der Waals surface area contributed by atoms with Crippen molar-refractivity contribution >= 4 is 5.82 Å². The third-order valence-electron chi connectivity index (χ3n) is 2.77. The highest BCUT2D eigenvalue weighted by molar-refractivity contribution is 5.70. The van der Waals surface area contributed by atoms with Gasteiger partial charge in [0.25, 0.3) is 0 Å². The van der Waals surface area contributed by atoms with Crippen molar-refractivity contribution in [3.05, 3.63) is 24.2 Å². The van der Waals surface area contributed by atoms with Crippen molar-refractivity contribution in [2.75, 3.05) is 12.8 Å². The van der Waals surface area contributed by atoms with Gasteiger partial charge in [0.2, 0.25) is 5.88 Å². The Balaban J connectivity index is 2.45. The minimum atomic E-state index is 0.582. The molecule has 0 aromatic carbocycles. The first kappa shape index (κ1) is 11.4. The first-order valence-corrected chi connectivity index (χ1v) is 5.48. The standard InChI is InChI=1S/C12H16N4O/c1-4-9-15-11(12(13)16(9)2)8-5-6-10(17-3)14-7-8/h5-7H,4,13H2,1-3H3. The van der Waals surface area contributed by atoms with E-state index < -0.39 is 0 Å². The fourth-order valence-corrected chi connectivity index (χ4v) is 1.73. The van der Waals surface area contributed by atoms with Crippen molar-refractivity contribution in [2.45, 2.75) is 13.3 Å². The molecule has 2 heterocycles. The van der Waals surface area contributed by atoms with E-state index in [1.165, 1.54) is 0 Å². The predicted molar refractivity (Wildman–Crippen MR) is 66.8 cm³/mol. The summed E-state index contributed by atoms with van der Waals surface area (Å²) in [6.45, 7) is 2.05. The number of methoxy groups -OCH3 is 1. The van der Waals surface area contributed by atoms with Crippen LogP contribution in [0.2, 0.25) is 0 Å². The number of anilines is 1. The summed E-state index contributed by atoms with van der Waals surface area (Å²) in [5.41, 5.74) is 7.70. The number of rotatable bonds is 3. The maximum absolute atomic E-state index is 6.02. The monoisotopic (exact) mass is 232 g/mol. The first-order valence-electron chi connectivity index (χ1n) is 5.48. The van der Waals surface area contributed by atoms with Gasteiger partial charge >= 0.3 is 0 Å². The van der Waals surface area contributed by atoms with Gasteiger partial charge in [0, 0.05) is 31.3 Å². The number of pyridine rings is 1. The zero-order valence-corrected chi connectivity index (χ0v) is 10.3. The highest BCUT2D eigenvalue weighted by Gasteiger charge is 2.12. The predicted octanol–water partition coefficient (Wildman–Crippen LogP) is 1.64. The second-order valence-electron chi connectivity index (χ2n) is 3.76. The number of ether oxygens (including phenoxy) is 1. The summed E-state index contributed by atoms with van der Waals surface area (Å²) in [6, 6.07) is 3.71. The molecule has 90 valence electrons. The van der Waals surface area contributed by atoms with Crippen LogP contribution in [0.5, 0.6) is 5.88 Å². The Hall–Kier alpha value is -2.04. The second-order valence-corrected chi connectivity index (χ2v) is 3.76. The van der Waals surface area contributed by atoms with E-state index in [0.29, 0.717) is 11.7 Å². The topological polar surface area (TPSA) is 66.0 Å². The van der Waals surface area contributed by atoms with Gasteiger partial charge in [0.1, 0.15) is 17.3 Å². The molecule has 0 amide bonds. The molecule has 0 aliphatic rings. The second kappa shape index (κ2) is 4.45. The third kappa shape index (κ3) is 1.95. The fraction of sp³-hybridized carbons (Fsp3) is 0.333. The Labute approximate surface area is 100 Å². The maximum Gasteiger partial charge on any atom is 0.212 e. The van der Waals surface area contributed by atoms with Crippen LogP contribution in [0.3, 0.4) is 0 Å². The van der Waals surface area contributed by atoms with Crippen molar-refractivity contribution < 1.29 is 4.74 Å². The lowest BCUT2D eigenvalue weighted by atomic mass is 10.2. The number of nitrogen functional groups attached to an aromatic ring is 1. The van der Waals surface area contributed by atoms with E-state index >= 15 is 0 Å². The van der Waals surface area contributed by atoms with Crippen LogP contribution in [0, 0.1) is 0 Å². The number of aromatic nitrogens is 3. The minimum Gasteiger partial charge on any atom is -0.481 e. The van der Waals surface area contributed by atoms with Crippen molar-refractivity contribution in [2.24, 2.45) is 7.05 Å². The van der Waals surface area contributed by atoms with E-state index in [2.05, 4.69) is 16.9 Å². The van der Waals surface area contributed by atoms with Crippen molar-refractivity contribution in [1.29, 1.82) is 0 Å². The smallest absolute Gasteiger partial charge is 0.212 e. The van der Waals surface area contributed by atoms with Crippen LogP contribution in [-0.4, -0.2) is 21.6 Å². The summed E-state index contributed by atoms with van der Waals surface area (Å²) >= 11 is 0. The third-order valence-corrected chi connectivity index (χ3v) is 2.77. The lowest BCUT2D eigenvalue weighted by molar-refractivity contribution is 0.398. The minimum absolute atomic E-state index is 0.582. The molecule has 0 saturated heterocycles. The van der Waals surface area contributed by atoms with Crippen LogP contribution >= 0.6 is 0 Å². The number of aryl methyl sites for hydroxylation is 1. The quantitative estimate of drug-likeness (QED) is 0.873. The van der Waals surface area contributed by atoms with Gasteiger partial charge in [-0.05, 0) is 6.07 Å². The van der Waals surface area contributed by atoms with Crippen molar-refractivity contribution in [3.8, 4) is 17.1 Å². The Bertz CT molecular complexity index is 516. The van der Waals surface area contributed by atoms with Crippen molar-refractivity contribution in [3.63, 3.8) is 0 Å². The fourth-order valence-electron chi connectivity index (χ4n) is 1.73. The van der Waals surface area contributed by atoms with E-state index in [9.17, 15) is 0 Å². The van der Waals surface area contributed by atoms with Crippen molar-refractivity contribution in [1.82, 2.24) is 14.5 Å². The molecule has 2 aromatic heterocycles. The van der Waals surface area contributed by atoms with Crippen LogP contribution in [-0.2, 0) is 13.5 Å². The summed E-state index contributed by atoms with van der Waals surface area (Å²) in [6.07, 6.45) is 2.57. The van der Waals surface area contributed by atoms with Gasteiger partial charge in [-0.1, -0.05) is 6.92 Å². The van der Waals surface area contributed by atoms with Gasteiger partial charge < -0.3 is 15.0 Å². The summed E-state index contributed by atoms with van der Waals surface area (Å²) in [5, 5.41) is 0. The normalized spacial score (nSPS) is 10.5. The molecule has 0 radical (unpaired) electrons. The molecule has 0 atom stereocenters. The number of hydrogen-bond donors (Lipinski definition) is 1. The SMILES string of the molecule is CCc1nc(-c2ccc(OC)nc2)c(N)n1C. The molecule has 0 unspecified atom stereocenters. The highest BCUT2D eigenvalue weighted by Crippen LogP contribution is 2.26. The molecule has 0 fully saturated rings. The molecule has 17 heavy (non-hydrogen) atoms. The zero-order valence-electron chi connectivity index (χ0n) is 10.3. The van der Waals surface area contributed by atoms with Crippen LogP contribution < -0.4 is 10.5 Å². The molecule has 2 aromatic rings. The lowest BCUT2D eigenvalue weighted by Crippen LogP contribution is -2.00. The average Bonchev–Trinajstić information content (AvgIpc) is 2.66. The average molecular weight is 232 g/mol. The zero-order chi connectivity index (χ0) is 12.4. The van der Waals surface area contributed by atoms with E-state index in [-0.39, 0.29) is 0 Å². The molecule has 5 heteroatoms. The highest BCUT2D eigenvalue weighted by atomic mass is 16.5. The lowest BCUT2D eigenvalue weighted by Gasteiger charge is -2.01. The molecule has 0 aliphatic heterocycles. The Morgan fingerprint density at radius 2 is 2.18 bits per heavy atom. The summed E-state index contributed by atoms with van der Waals surface area (Å²) in [7, 11) is 3.51. The van der Waals surface area contributed by atoms with Crippen LogP contribution in [0.15, 0.2) is 18.3 Å². The molecule has 0 bridgehead atoms. The Kier molecular flexibility index (Phi) is 2.99. The Morgan fingerprint density at radius 1 is 1.41 bits per heavy atom. The molecule has 0 saturated carbocycles. The molecule has 2 N–H and O–H groups in total. The summed E-state index contributed by atoms with van der Waals surface area (Å²) in [5.74, 6) is 2.21. The summed E-state index contributed by atoms with van der Waals surface area (Å²) in [4.78, 5) is 8.66. The largest absolute Gasteiger partial charge is 0.481 e. The molecule has 2 rings (SSSR count). The van der Waals surface area contributed by atoms with Gasteiger partial charge in [-0.15, -0.1) is 0 Å². The van der Waals surface area contributed by atoms with Gasteiger partial charge in [-0.3, -0.25) is 0 Å². The maximum atomic E-state index is 6.02. The molecular weight excluding hydrogens is 216 g/mol. The summed E-state index contributed by atoms with van der Waals surface area (Å²) < 4.78 is 6.92. The van der Waals surface area contributed by atoms with Gasteiger partial charge in [0.15, 0.2) is 0 Å². The van der Waals surface area contributed by atoms with Gasteiger partial charge in [-0.25, -0.2) is 9.97 Å². The number of hydrogen-bond acceptors (Lipinski definition) is 4. The van der Waals surface area contributed by atoms with E-state index in [0.717, 1.165) is 23.5 Å². The first-order chi connectivity index (χ1) is 8.17. The Morgan fingerprint density at radius 3 is 2.65 bits per heavy atom. The molecule has 0 aliphatic carbocycles. The molecule has 5 nitrogen and oxygen atoms in total. The van der Waals surface area contributed by atoms with Crippen LogP contribution in [0.1, 0.15) is 12.7 Å².